The lowest BCUT2D eigenvalue weighted by molar-refractivity contribution is 0.0697. The van der Waals surface area contributed by atoms with Gasteiger partial charge >= 0.3 is 0 Å². The molecular formula is C24H24FN3O5S2. The lowest BCUT2D eigenvalue weighted by atomic mass is 10.2. The third-order valence-corrected chi connectivity index (χ3v) is 9.05. The summed E-state index contributed by atoms with van der Waals surface area (Å²) in [5.74, 6) is -0.398. The highest BCUT2D eigenvalue weighted by Gasteiger charge is 2.31. The fraction of sp³-hybridized carbons (Fsp3) is 0.250. The molecule has 184 valence electrons. The second-order valence-electron chi connectivity index (χ2n) is 7.84. The monoisotopic (exact) mass is 517 g/mol. The van der Waals surface area contributed by atoms with Crippen LogP contribution in [0.3, 0.4) is 0 Å². The van der Waals surface area contributed by atoms with Crippen LogP contribution in [0.25, 0.3) is 0 Å². The van der Waals surface area contributed by atoms with Crippen LogP contribution < -0.4 is 10.1 Å². The number of carbonyl (C=O) groups is 2. The molecule has 0 bridgehead atoms. The van der Waals surface area contributed by atoms with Gasteiger partial charge in [-0.2, -0.15) is 4.31 Å². The summed E-state index contributed by atoms with van der Waals surface area (Å²) in [5.41, 5.74) is 0.809. The number of sulfonamides is 1. The van der Waals surface area contributed by atoms with Gasteiger partial charge in [-0.15, -0.1) is 11.3 Å². The van der Waals surface area contributed by atoms with Gasteiger partial charge in [0.2, 0.25) is 0 Å². The highest BCUT2D eigenvalue weighted by Crippen LogP contribution is 2.26. The maximum atomic E-state index is 13.1. The summed E-state index contributed by atoms with van der Waals surface area (Å²) in [6.45, 7) is 0.995. The molecule has 0 spiro atoms. The van der Waals surface area contributed by atoms with Gasteiger partial charge in [-0.25, -0.2) is 12.8 Å². The molecule has 0 saturated carbocycles. The van der Waals surface area contributed by atoms with E-state index in [1.807, 2.05) is 0 Å². The molecule has 1 fully saturated rings. The molecule has 4 rings (SSSR count). The molecule has 35 heavy (non-hydrogen) atoms. The third kappa shape index (κ3) is 5.69. The molecule has 8 nitrogen and oxygen atoms in total. The Morgan fingerprint density at radius 2 is 1.71 bits per heavy atom. The minimum Gasteiger partial charge on any atom is -0.497 e. The zero-order chi connectivity index (χ0) is 25.0. The molecule has 2 amide bonds. The number of thiophene rings is 1. The van der Waals surface area contributed by atoms with Crippen LogP contribution in [0.5, 0.6) is 5.75 Å². The average molecular weight is 518 g/mol. The van der Waals surface area contributed by atoms with Crippen LogP contribution >= 0.6 is 11.3 Å². The van der Waals surface area contributed by atoms with E-state index in [4.69, 9.17) is 4.74 Å². The normalized spacial score (nSPS) is 14.5. The summed E-state index contributed by atoms with van der Waals surface area (Å²) >= 11 is 1.10. The van der Waals surface area contributed by atoms with E-state index >= 15 is 0 Å². The molecule has 1 aliphatic heterocycles. The van der Waals surface area contributed by atoms with E-state index in [9.17, 15) is 22.4 Å². The van der Waals surface area contributed by atoms with E-state index in [1.165, 1.54) is 41.7 Å². The van der Waals surface area contributed by atoms with Crippen molar-refractivity contribution < 1.29 is 27.1 Å². The Morgan fingerprint density at radius 3 is 2.40 bits per heavy atom. The number of nitrogens with one attached hydrogen (secondary N) is 1. The second kappa shape index (κ2) is 10.5. The molecule has 0 aliphatic carbocycles. The number of hydrogen-bond donors (Lipinski definition) is 1. The molecular weight excluding hydrogens is 493 g/mol. The maximum absolute atomic E-state index is 13.1. The molecule has 3 aromatic rings. The molecule has 1 N–H and O–H groups in total. The van der Waals surface area contributed by atoms with Gasteiger partial charge < -0.3 is 15.0 Å². The van der Waals surface area contributed by atoms with Crippen molar-refractivity contribution in [2.75, 3.05) is 33.3 Å². The minimum atomic E-state index is -3.73. The van der Waals surface area contributed by atoms with Gasteiger partial charge in [-0.3, -0.25) is 9.59 Å². The summed E-state index contributed by atoms with van der Waals surface area (Å²) in [4.78, 5) is 27.3. The fourth-order valence-corrected chi connectivity index (χ4v) is 6.53. The first-order valence-corrected chi connectivity index (χ1v) is 13.1. The van der Waals surface area contributed by atoms with Gasteiger partial charge in [0.05, 0.1) is 13.7 Å². The van der Waals surface area contributed by atoms with Crippen LogP contribution in [-0.4, -0.2) is 62.7 Å². The predicted octanol–water partition coefficient (Wildman–Crippen LogP) is 2.97. The lowest BCUT2D eigenvalue weighted by Gasteiger charge is -2.33. The number of amides is 2. The summed E-state index contributed by atoms with van der Waals surface area (Å²) in [5, 5.41) is 2.79. The molecule has 2 heterocycles. The average Bonchev–Trinajstić information content (AvgIpc) is 3.37. The van der Waals surface area contributed by atoms with Crippen molar-refractivity contribution in [2.24, 2.45) is 0 Å². The first-order valence-electron chi connectivity index (χ1n) is 10.8. The first-order chi connectivity index (χ1) is 16.8. The van der Waals surface area contributed by atoms with Crippen LogP contribution in [-0.2, 0) is 16.6 Å². The van der Waals surface area contributed by atoms with Crippen LogP contribution in [0, 0.1) is 5.82 Å². The first kappa shape index (κ1) is 24.8. The summed E-state index contributed by atoms with van der Waals surface area (Å²) in [6, 6.07) is 15.2. The standard InChI is InChI=1S/C24H24FN3O5S2/c1-33-20-4-2-3-18(15-20)23(29)26-16-21-9-10-22(34-21)35(31,32)28-13-11-27(12-14-28)24(30)17-5-7-19(25)8-6-17/h2-10,15H,11-14,16H2,1H3,(H,26,29). The van der Waals surface area contributed by atoms with E-state index in [-0.39, 0.29) is 48.7 Å². The van der Waals surface area contributed by atoms with Crippen molar-refractivity contribution in [1.82, 2.24) is 14.5 Å². The Hall–Kier alpha value is -3.28. The predicted molar refractivity (Wildman–Crippen MR) is 130 cm³/mol. The smallest absolute Gasteiger partial charge is 0.253 e. The number of methoxy groups -OCH3 is 1. The van der Waals surface area contributed by atoms with Gasteiger partial charge in [-0.1, -0.05) is 6.07 Å². The molecule has 0 unspecified atom stereocenters. The SMILES string of the molecule is COc1cccc(C(=O)NCc2ccc(S(=O)(=O)N3CCN(C(=O)c4ccc(F)cc4)CC3)s2)c1. The van der Waals surface area contributed by atoms with Crippen molar-refractivity contribution in [3.05, 3.63) is 82.5 Å². The number of piperazine rings is 1. The number of ether oxygens (including phenoxy) is 1. The minimum absolute atomic E-state index is 0.162. The van der Waals surface area contributed by atoms with Gasteiger partial charge in [0.25, 0.3) is 21.8 Å². The highest BCUT2D eigenvalue weighted by molar-refractivity contribution is 7.91. The van der Waals surface area contributed by atoms with Gasteiger partial charge in [0.1, 0.15) is 15.8 Å². The van der Waals surface area contributed by atoms with E-state index in [1.54, 1.807) is 35.2 Å². The Bertz CT molecular complexity index is 1320. The zero-order valence-electron chi connectivity index (χ0n) is 18.9. The Labute approximate surface area is 207 Å². The Kier molecular flexibility index (Phi) is 7.48. The van der Waals surface area contributed by atoms with E-state index in [0.717, 1.165) is 11.3 Å². The van der Waals surface area contributed by atoms with Crippen molar-refractivity contribution in [2.45, 2.75) is 10.8 Å². The van der Waals surface area contributed by atoms with Crippen LogP contribution in [0.4, 0.5) is 4.39 Å². The van der Waals surface area contributed by atoms with Crippen molar-refractivity contribution in [3.63, 3.8) is 0 Å². The Morgan fingerprint density at radius 1 is 1.00 bits per heavy atom. The number of halogens is 1. The lowest BCUT2D eigenvalue weighted by Crippen LogP contribution is -2.50. The molecule has 1 aliphatic rings. The van der Waals surface area contributed by atoms with E-state index in [0.29, 0.717) is 21.8 Å². The summed E-state index contributed by atoms with van der Waals surface area (Å²) in [7, 11) is -2.20. The summed E-state index contributed by atoms with van der Waals surface area (Å²) in [6.07, 6.45) is 0. The quantitative estimate of drug-likeness (QED) is 0.520. The van der Waals surface area contributed by atoms with E-state index < -0.39 is 15.8 Å². The molecule has 11 heteroatoms. The fourth-order valence-electron chi connectivity index (χ4n) is 3.66. The van der Waals surface area contributed by atoms with Crippen molar-refractivity contribution in [1.29, 1.82) is 0 Å². The second-order valence-corrected chi connectivity index (χ2v) is 11.2. The topological polar surface area (TPSA) is 96.0 Å². The number of benzene rings is 2. The number of rotatable bonds is 7. The number of carbonyl (C=O) groups excluding carboxylic acids is 2. The van der Waals surface area contributed by atoms with Crippen LogP contribution in [0.2, 0.25) is 0 Å². The maximum Gasteiger partial charge on any atom is 0.253 e. The van der Waals surface area contributed by atoms with Gasteiger partial charge in [0, 0.05) is 42.2 Å². The third-order valence-electron chi connectivity index (χ3n) is 5.60. The van der Waals surface area contributed by atoms with E-state index in [2.05, 4.69) is 5.32 Å². The largest absolute Gasteiger partial charge is 0.497 e. The Balaban J connectivity index is 1.34. The van der Waals surface area contributed by atoms with Gasteiger partial charge in [-0.05, 0) is 54.6 Å². The number of nitrogens with zero attached hydrogens (tertiary/aromatic N) is 2. The van der Waals surface area contributed by atoms with Crippen molar-refractivity contribution in [3.8, 4) is 5.75 Å². The molecule has 0 radical (unpaired) electrons. The molecule has 1 aromatic heterocycles. The number of hydrogen-bond acceptors (Lipinski definition) is 6. The van der Waals surface area contributed by atoms with Crippen LogP contribution in [0.1, 0.15) is 25.6 Å². The highest BCUT2D eigenvalue weighted by atomic mass is 32.2. The van der Waals surface area contributed by atoms with Crippen LogP contribution in [0.15, 0.2) is 64.9 Å². The zero-order valence-corrected chi connectivity index (χ0v) is 20.6. The summed E-state index contributed by atoms with van der Waals surface area (Å²) < 4.78 is 46.0. The molecule has 2 aromatic carbocycles. The van der Waals surface area contributed by atoms with Gasteiger partial charge in [0.15, 0.2) is 0 Å². The van der Waals surface area contributed by atoms with Crippen molar-refractivity contribution >= 4 is 33.2 Å². The molecule has 1 saturated heterocycles. The molecule has 0 atom stereocenters.